The number of piperidine rings is 1. The van der Waals surface area contributed by atoms with Crippen LogP contribution in [-0.4, -0.2) is 41.7 Å². The van der Waals surface area contributed by atoms with E-state index in [0.29, 0.717) is 18.5 Å². The Morgan fingerprint density at radius 1 is 1.22 bits per heavy atom. The van der Waals surface area contributed by atoms with Crippen molar-refractivity contribution in [3.63, 3.8) is 0 Å². The molecule has 1 aromatic heterocycles. The summed E-state index contributed by atoms with van der Waals surface area (Å²) in [6, 6.07) is 12.4. The largest absolute Gasteiger partial charge is 0.449 e. The van der Waals surface area contributed by atoms with E-state index in [2.05, 4.69) is 16.8 Å². The summed E-state index contributed by atoms with van der Waals surface area (Å²) in [4.78, 5) is 23.4. The fourth-order valence-corrected chi connectivity index (χ4v) is 4.79. The Kier molecular flexibility index (Phi) is 5.64. The summed E-state index contributed by atoms with van der Waals surface area (Å²) in [5.41, 5.74) is 0.836. The molecule has 0 spiro atoms. The molecule has 27 heavy (non-hydrogen) atoms. The highest BCUT2D eigenvalue weighted by molar-refractivity contribution is 7.99. The minimum absolute atomic E-state index is 0.352. The lowest BCUT2D eigenvalue weighted by atomic mass is 10.0. The number of para-hydroxylation sites is 1. The number of rotatable bonds is 4. The summed E-state index contributed by atoms with van der Waals surface area (Å²) in [6.45, 7) is 4.85. The van der Waals surface area contributed by atoms with E-state index in [9.17, 15) is 4.79 Å². The molecule has 6 heteroatoms. The molecule has 1 fully saturated rings. The molecule has 0 radical (unpaired) electrons. The van der Waals surface area contributed by atoms with Gasteiger partial charge in [-0.2, -0.15) is 0 Å². The van der Waals surface area contributed by atoms with E-state index in [-0.39, 0.29) is 6.09 Å². The first-order valence-electron chi connectivity index (χ1n) is 9.67. The smallest absolute Gasteiger partial charge is 0.420 e. The molecule has 4 rings (SSSR count). The Bertz CT molecular complexity index is 768. The lowest BCUT2D eigenvalue weighted by molar-refractivity contribution is 0.127. The standard InChI is InChI=1S/C21H25N3O2S/c1-16-8-4-5-13-23(16)14-7-15-26-21(25)24-17-9-2-3-10-18(17)27-19-11-6-12-22-20(19)24/h2-3,6,9-12,16H,4-5,7-8,13-15H2,1H3. The minimum Gasteiger partial charge on any atom is -0.449 e. The van der Waals surface area contributed by atoms with Crippen LogP contribution in [0.3, 0.4) is 0 Å². The molecule has 0 saturated carbocycles. The van der Waals surface area contributed by atoms with E-state index in [0.717, 1.165) is 35.0 Å². The molecule has 5 nitrogen and oxygen atoms in total. The average Bonchev–Trinajstić information content (AvgIpc) is 2.70. The molecule has 2 aliphatic rings. The number of anilines is 2. The number of nitrogens with zero attached hydrogens (tertiary/aromatic N) is 3. The van der Waals surface area contributed by atoms with Gasteiger partial charge >= 0.3 is 6.09 Å². The van der Waals surface area contributed by atoms with Crippen molar-refractivity contribution < 1.29 is 9.53 Å². The van der Waals surface area contributed by atoms with E-state index in [1.165, 1.54) is 19.3 Å². The van der Waals surface area contributed by atoms with E-state index >= 15 is 0 Å². The topological polar surface area (TPSA) is 45.7 Å². The molecule has 0 aliphatic carbocycles. The zero-order valence-electron chi connectivity index (χ0n) is 15.6. The van der Waals surface area contributed by atoms with Crippen molar-refractivity contribution in [2.45, 2.75) is 48.4 Å². The van der Waals surface area contributed by atoms with E-state index in [4.69, 9.17) is 4.74 Å². The fourth-order valence-electron chi connectivity index (χ4n) is 3.76. The van der Waals surface area contributed by atoms with Crippen molar-refractivity contribution in [1.29, 1.82) is 0 Å². The predicted octanol–water partition coefficient (Wildman–Crippen LogP) is 5.09. The van der Waals surface area contributed by atoms with Crippen molar-refractivity contribution in [3.05, 3.63) is 42.6 Å². The van der Waals surface area contributed by atoms with Gasteiger partial charge in [0.2, 0.25) is 0 Å². The van der Waals surface area contributed by atoms with Crippen LogP contribution in [0.25, 0.3) is 0 Å². The van der Waals surface area contributed by atoms with Crippen LogP contribution in [0.15, 0.2) is 52.4 Å². The molecule has 1 unspecified atom stereocenters. The van der Waals surface area contributed by atoms with Crippen LogP contribution in [0.2, 0.25) is 0 Å². The lowest BCUT2D eigenvalue weighted by Gasteiger charge is -2.33. The first-order chi connectivity index (χ1) is 13.2. The van der Waals surface area contributed by atoms with Gasteiger partial charge in [-0.15, -0.1) is 0 Å². The van der Waals surface area contributed by atoms with Crippen molar-refractivity contribution in [1.82, 2.24) is 9.88 Å². The number of fused-ring (bicyclic) bond motifs is 2. The highest BCUT2D eigenvalue weighted by Gasteiger charge is 2.30. The molecule has 0 bridgehead atoms. The van der Waals surface area contributed by atoms with Gasteiger partial charge in [0.25, 0.3) is 0 Å². The fraction of sp³-hybridized carbons (Fsp3) is 0.429. The van der Waals surface area contributed by atoms with E-state index in [1.807, 2.05) is 36.4 Å². The van der Waals surface area contributed by atoms with Gasteiger partial charge in [-0.3, -0.25) is 0 Å². The quantitative estimate of drug-likeness (QED) is 0.689. The van der Waals surface area contributed by atoms with Crippen LogP contribution in [-0.2, 0) is 4.74 Å². The van der Waals surface area contributed by atoms with E-state index < -0.39 is 0 Å². The Hall–Kier alpha value is -2.05. The Labute approximate surface area is 164 Å². The molecule has 1 amide bonds. The minimum atomic E-state index is -0.352. The molecule has 1 atom stereocenters. The van der Waals surface area contributed by atoms with Crippen LogP contribution in [0.4, 0.5) is 16.3 Å². The van der Waals surface area contributed by atoms with Gasteiger partial charge in [-0.1, -0.05) is 30.3 Å². The molecule has 1 aromatic carbocycles. The third-order valence-electron chi connectivity index (χ3n) is 5.23. The third kappa shape index (κ3) is 3.96. The van der Waals surface area contributed by atoms with E-state index in [1.54, 1.807) is 22.9 Å². The van der Waals surface area contributed by atoms with Crippen LogP contribution < -0.4 is 4.90 Å². The molecule has 3 heterocycles. The number of benzene rings is 1. The number of pyridine rings is 1. The van der Waals surface area contributed by atoms with Crippen LogP contribution >= 0.6 is 11.8 Å². The van der Waals surface area contributed by atoms with Crippen LogP contribution in [0, 0.1) is 0 Å². The molecular formula is C21H25N3O2S. The second kappa shape index (κ2) is 8.31. The SMILES string of the molecule is CC1CCCCN1CCCOC(=O)N1c2ccccc2Sc2cccnc21. The Morgan fingerprint density at radius 2 is 2.07 bits per heavy atom. The van der Waals surface area contributed by atoms with Gasteiger partial charge in [0.1, 0.15) is 0 Å². The summed E-state index contributed by atoms with van der Waals surface area (Å²) < 4.78 is 5.63. The summed E-state index contributed by atoms with van der Waals surface area (Å²) >= 11 is 1.63. The number of hydrogen-bond acceptors (Lipinski definition) is 5. The van der Waals surface area contributed by atoms with Crippen molar-refractivity contribution in [2.24, 2.45) is 0 Å². The van der Waals surface area contributed by atoms with Crippen LogP contribution in [0.5, 0.6) is 0 Å². The Balaban J connectivity index is 1.41. The highest BCUT2D eigenvalue weighted by atomic mass is 32.2. The second-order valence-corrected chi connectivity index (χ2v) is 8.16. The predicted molar refractivity (Wildman–Crippen MR) is 108 cm³/mol. The molecule has 2 aliphatic heterocycles. The third-order valence-corrected chi connectivity index (χ3v) is 6.33. The monoisotopic (exact) mass is 383 g/mol. The van der Waals surface area contributed by atoms with Gasteiger partial charge in [-0.05, 0) is 57.0 Å². The normalized spacial score (nSPS) is 19.3. The molecule has 0 N–H and O–H groups in total. The maximum Gasteiger partial charge on any atom is 0.420 e. The van der Waals surface area contributed by atoms with Gasteiger partial charge in [0.15, 0.2) is 5.82 Å². The molecular weight excluding hydrogens is 358 g/mol. The number of hydrogen-bond donors (Lipinski definition) is 0. The maximum atomic E-state index is 12.9. The van der Waals surface area contributed by atoms with Crippen molar-refractivity contribution in [2.75, 3.05) is 24.6 Å². The molecule has 142 valence electrons. The Morgan fingerprint density at radius 3 is 2.96 bits per heavy atom. The second-order valence-electron chi connectivity index (χ2n) is 7.08. The van der Waals surface area contributed by atoms with Crippen molar-refractivity contribution in [3.8, 4) is 0 Å². The lowest BCUT2D eigenvalue weighted by Crippen LogP contribution is -2.38. The van der Waals surface area contributed by atoms with Gasteiger partial charge < -0.3 is 9.64 Å². The van der Waals surface area contributed by atoms with Crippen LogP contribution in [0.1, 0.15) is 32.6 Å². The number of aromatic nitrogens is 1. The zero-order chi connectivity index (χ0) is 18.6. The number of carbonyl (C=O) groups is 1. The molecule has 1 saturated heterocycles. The number of likely N-dealkylation sites (tertiary alicyclic amines) is 1. The van der Waals surface area contributed by atoms with Gasteiger partial charge in [0.05, 0.1) is 17.2 Å². The average molecular weight is 384 g/mol. The van der Waals surface area contributed by atoms with Gasteiger partial charge in [-0.25, -0.2) is 14.7 Å². The summed E-state index contributed by atoms with van der Waals surface area (Å²) in [6.07, 6.45) is 6.08. The summed E-state index contributed by atoms with van der Waals surface area (Å²) in [5.74, 6) is 0.649. The first kappa shape index (κ1) is 18.3. The number of carbonyl (C=O) groups excluding carboxylic acids is 1. The summed E-state index contributed by atoms with van der Waals surface area (Å²) in [5, 5.41) is 0. The number of ether oxygens (including phenoxy) is 1. The van der Waals surface area contributed by atoms with Crippen molar-refractivity contribution >= 4 is 29.4 Å². The molecule has 2 aromatic rings. The number of amides is 1. The van der Waals surface area contributed by atoms with Gasteiger partial charge in [0, 0.05) is 23.7 Å². The highest BCUT2D eigenvalue weighted by Crippen LogP contribution is 2.46. The first-order valence-corrected chi connectivity index (χ1v) is 10.5. The maximum absolute atomic E-state index is 12.9. The zero-order valence-corrected chi connectivity index (χ0v) is 16.5. The summed E-state index contributed by atoms with van der Waals surface area (Å²) in [7, 11) is 0.